The molecule has 0 radical (unpaired) electrons. The number of hydrogen-bond donors (Lipinski definition) is 2. The van der Waals surface area contributed by atoms with Gasteiger partial charge in [0.2, 0.25) is 0 Å². The van der Waals surface area contributed by atoms with Crippen LogP contribution in [-0.2, 0) is 13.1 Å². The monoisotopic (exact) mass is 433 g/mol. The minimum Gasteiger partial charge on any atom is -0.491 e. The molecule has 1 aliphatic heterocycles. The molecule has 0 aliphatic carbocycles. The van der Waals surface area contributed by atoms with E-state index in [4.69, 9.17) is 16.3 Å². The number of amides is 2. The molecule has 0 unspecified atom stereocenters. The van der Waals surface area contributed by atoms with Crippen LogP contribution in [-0.4, -0.2) is 36.2 Å². The molecule has 0 saturated carbocycles. The van der Waals surface area contributed by atoms with Gasteiger partial charge in [-0.25, -0.2) is 9.18 Å². The maximum Gasteiger partial charge on any atom is 0.318 e. The van der Waals surface area contributed by atoms with Gasteiger partial charge in [-0.3, -0.25) is 0 Å². The second-order valence-corrected chi connectivity index (χ2v) is 8.25. The Morgan fingerprint density at radius 1 is 1.23 bits per heavy atom. The topological polar surface area (TPSA) is 53.6 Å². The van der Waals surface area contributed by atoms with E-state index in [-0.39, 0.29) is 24.7 Å². The van der Waals surface area contributed by atoms with Gasteiger partial charge in [-0.05, 0) is 69.6 Å². The molecule has 2 aromatic carbocycles. The van der Waals surface area contributed by atoms with Gasteiger partial charge in [0.1, 0.15) is 11.6 Å². The van der Waals surface area contributed by atoms with Crippen molar-refractivity contribution in [3.63, 3.8) is 0 Å². The largest absolute Gasteiger partial charge is 0.491 e. The highest BCUT2D eigenvalue weighted by molar-refractivity contribution is 6.30. The van der Waals surface area contributed by atoms with E-state index in [0.29, 0.717) is 17.1 Å². The molecular weight excluding hydrogens is 405 g/mol. The molecule has 1 heterocycles. The van der Waals surface area contributed by atoms with E-state index >= 15 is 0 Å². The maximum absolute atomic E-state index is 14.4. The van der Waals surface area contributed by atoms with Crippen molar-refractivity contribution in [3.05, 3.63) is 64.4 Å². The molecule has 0 bridgehead atoms. The highest BCUT2D eigenvalue weighted by Gasteiger charge is 2.26. The van der Waals surface area contributed by atoms with Crippen LogP contribution in [0.5, 0.6) is 5.75 Å². The first-order valence-corrected chi connectivity index (χ1v) is 10.7. The lowest BCUT2D eigenvalue weighted by molar-refractivity contribution is 0.153. The molecule has 1 saturated heterocycles. The maximum atomic E-state index is 14.4. The number of benzene rings is 2. The Labute approximate surface area is 182 Å². The highest BCUT2D eigenvalue weighted by atomic mass is 35.5. The molecule has 2 N–H and O–H groups in total. The third-order valence-electron chi connectivity index (χ3n) is 5.10. The van der Waals surface area contributed by atoms with E-state index in [1.165, 1.54) is 6.07 Å². The molecule has 0 atom stereocenters. The van der Waals surface area contributed by atoms with Crippen molar-refractivity contribution in [3.8, 4) is 5.75 Å². The third kappa shape index (κ3) is 6.34. The Balaban J connectivity index is 1.67. The van der Waals surface area contributed by atoms with Crippen molar-refractivity contribution in [2.75, 3.05) is 13.1 Å². The molecule has 1 fully saturated rings. The van der Waals surface area contributed by atoms with E-state index in [1.54, 1.807) is 17.0 Å². The van der Waals surface area contributed by atoms with Crippen LogP contribution in [0.4, 0.5) is 9.18 Å². The second kappa shape index (κ2) is 10.6. The zero-order chi connectivity index (χ0) is 21.5. The van der Waals surface area contributed by atoms with Gasteiger partial charge in [-0.2, -0.15) is 0 Å². The molecule has 3 rings (SSSR count). The lowest BCUT2D eigenvalue weighted by atomic mass is 10.0. The predicted octanol–water partition coefficient (Wildman–Crippen LogP) is 4.73. The lowest BCUT2D eigenvalue weighted by Gasteiger charge is -2.35. The number of carbonyl (C=O) groups excluding carboxylic acids is 1. The molecule has 2 aromatic rings. The van der Waals surface area contributed by atoms with Crippen LogP contribution in [0.15, 0.2) is 42.5 Å². The van der Waals surface area contributed by atoms with Crippen LogP contribution in [0.2, 0.25) is 5.02 Å². The van der Waals surface area contributed by atoms with Gasteiger partial charge in [-0.1, -0.05) is 29.8 Å². The molecular formula is C23H29ClFN3O2. The Bertz CT molecular complexity index is 839. The summed E-state index contributed by atoms with van der Waals surface area (Å²) >= 11 is 5.87. The van der Waals surface area contributed by atoms with E-state index in [0.717, 1.165) is 37.2 Å². The first kappa shape index (κ1) is 22.4. The van der Waals surface area contributed by atoms with Gasteiger partial charge in [0.05, 0.1) is 12.6 Å². The average molecular weight is 434 g/mol. The van der Waals surface area contributed by atoms with Crippen molar-refractivity contribution in [1.82, 2.24) is 15.5 Å². The molecule has 2 amide bonds. The summed E-state index contributed by atoms with van der Waals surface area (Å²) in [6.07, 6.45) is 1.79. The Morgan fingerprint density at radius 2 is 1.93 bits per heavy atom. The summed E-state index contributed by atoms with van der Waals surface area (Å²) in [5.41, 5.74) is 1.44. The van der Waals surface area contributed by atoms with Crippen LogP contribution < -0.4 is 15.4 Å². The SMILES string of the molecule is CC(C)Oc1ccc(CNC(=O)N(Cc2ccc(Cl)cc2F)C2CCNCC2)cc1. The Hall–Kier alpha value is -2.31. The first-order chi connectivity index (χ1) is 14.4. The summed E-state index contributed by atoms with van der Waals surface area (Å²) in [4.78, 5) is 14.8. The number of nitrogens with one attached hydrogen (secondary N) is 2. The number of urea groups is 1. The summed E-state index contributed by atoms with van der Waals surface area (Å²) in [7, 11) is 0. The van der Waals surface area contributed by atoms with Crippen LogP contribution in [0.3, 0.4) is 0 Å². The lowest BCUT2D eigenvalue weighted by Crippen LogP contribution is -2.49. The van der Waals surface area contributed by atoms with Crippen LogP contribution in [0.25, 0.3) is 0 Å². The van der Waals surface area contributed by atoms with Gasteiger partial charge >= 0.3 is 6.03 Å². The van der Waals surface area contributed by atoms with Gasteiger partial charge in [0, 0.05) is 23.2 Å². The fraction of sp³-hybridized carbons (Fsp3) is 0.435. The highest BCUT2D eigenvalue weighted by Crippen LogP contribution is 2.21. The number of halogens is 2. The standard InChI is InChI=1S/C23H29ClFN3O2/c1-16(2)30-21-7-3-17(4-8-21)14-27-23(29)28(20-9-11-26-12-10-20)15-18-5-6-19(24)13-22(18)25/h3-8,13,16,20,26H,9-12,14-15H2,1-2H3,(H,27,29). The molecule has 0 aromatic heterocycles. The third-order valence-corrected chi connectivity index (χ3v) is 5.34. The van der Waals surface area contributed by atoms with Crippen molar-refractivity contribution in [2.24, 2.45) is 0 Å². The van der Waals surface area contributed by atoms with E-state index in [2.05, 4.69) is 10.6 Å². The van der Waals surface area contributed by atoms with Gasteiger partial charge in [0.25, 0.3) is 0 Å². The molecule has 5 nitrogen and oxygen atoms in total. The molecule has 30 heavy (non-hydrogen) atoms. The van der Waals surface area contributed by atoms with Crippen molar-refractivity contribution >= 4 is 17.6 Å². The molecule has 162 valence electrons. The van der Waals surface area contributed by atoms with Crippen molar-refractivity contribution in [1.29, 1.82) is 0 Å². The van der Waals surface area contributed by atoms with Crippen LogP contribution in [0, 0.1) is 5.82 Å². The first-order valence-electron chi connectivity index (χ1n) is 10.4. The summed E-state index contributed by atoms with van der Waals surface area (Å²) in [6, 6.07) is 12.1. The number of rotatable bonds is 7. The minimum absolute atomic E-state index is 0.0585. The number of hydrogen-bond acceptors (Lipinski definition) is 3. The quantitative estimate of drug-likeness (QED) is 0.663. The van der Waals surface area contributed by atoms with E-state index in [9.17, 15) is 9.18 Å². The summed E-state index contributed by atoms with van der Waals surface area (Å²) in [5.74, 6) is 0.407. The Morgan fingerprint density at radius 3 is 2.57 bits per heavy atom. The van der Waals surface area contributed by atoms with Crippen LogP contribution in [0.1, 0.15) is 37.8 Å². The van der Waals surface area contributed by atoms with Crippen LogP contribution >= 0.6 is 11.6 Å². The van der Waals surface area contributed by atoms with E-state index in [1.807, 2.05) is 38.1 Å². The summed E-state index contributed by atoms with van der Waals surface area (Å²) in [5, 5.41) is 6.64. The molecule has 1 aliphatic rings. The fourth-order valence-electron chi connectivity index (χ4n) is 3.56. The normalized spacial score (nSPS) is 14.6. The zero-order valence-electron chi connectivity index (χ0n) is 17.5. The van der Waals surface area contributed by atoms with Crippen molar-refractivity contribution < 1.29 is 13.9 Å². The number of nitrogens with zero attached hydrogens (tertiary/aromatic N) is 1. The van der Waals surface area contributed by atoms with Gasteiger partial charge < -0.3 is 20.3 Å². The smallest absolute Gasteiger partial charge is 0.318 e. The average Bonchev–Trinajstić information content (AvgIpc) is 2.73. The number of piperidine rings is 1. The van der Waals surface area contributed by atoms with Gasteiger partial charge in [-0.15, -0.1) is 0 Å². The number of carbonyl (C=O) groups is 1. The molecule has 0 spiro atoms. The fourth-order valence-corrected chi connectivity index (χ4v) is 3.71. The molecule has 7 heteroatoms. The van der Waals surface area contributed by atoms with E-state index < -0.39 is 5.82 Å². The van der Waals surface area contributed by atoms with Gasteiger partial charge in [0.15, 0.2) is 0 Å². The second-order valence-electron chi connectivity index (χ2n) is 7.81. The predicted molar refractivity (Wildman–Crippen MR) is 117 cm³/mol. The van der Waals surface area contributed by atoms with Crippen molar-refractivity contribution in [2.45, 2.75) is 51.9 Å². The minimum atomic E-state index is -0.394. The summed E-state index contributed by atoms with van der Waals surface area (Å²) < 4.78 is 20.0. The Kier molecular flexibility index (Phi) is 7.94. The number of ether oxygens (including phenoxy) is 1. The summed E-state index contributed by atoms with van der Waals surface area (Å²) in [6.45, 7) is 6.25. The zero-order valence-corrected chi connectivity index (χ0v) is 18.2.